The first-order valence-electron chi connectivity index (χ1n) is 21.1. The maximum absolute atomic E-state index is 12.7. The molecule has 2 atom stereocenters. The van der Waals surface area contributed by atoms with Crippen LogP contribution >= 0.6 is 0 Å². The van der Waals surface area contributed by atoms with Gasteiger partial charge in [0.1, 0.15) is 12.6 Å². The van der Waals surface area contributed by atoms with Gasteiger partial charge in [-0.25, -0.2) is 0 Å². The predicted molar refractivity (Wildman–Crippen MR) is 204 cm³/mol. The van der Waals surface area contributed by atoms with Crippen LogP contribution in [-0.2, 0) is 28.6 Å². The van der Waals surface area contributed by atoms with Crippen LogP contribution in [0.3, 0.4) is 0 Å². The Balaban J connectivity index is 4.34. The van der Waals surface area contributed by atoms with E-state index in [4.69, 9.17) is 14.2 Å². The van der Waals surface area contributed by atoms with Gasteiger partial charge >= 0.3 is 11.9 Å². The van der Waals surface area contributed by atoms with E-state index >= 15 is 0 Å². The van der Waals surface area contributed by atoms with Crippen molar-refractivity contribution in [1.29, 1.82) is 0 Å². The highest BCUT2D eigenvalue weighted by molar-refractivity contribution is 5.70. The van der Waals surface area contributed by atoms with Crippen molar-refractivity contribution in [3.63, 3.8) is 0 Å². The van der Waals surface area contributed by atoms with E-state index in [0.717, 1.165) is 38.5 Å². The van der Waals surface area contributed by atoms with Crippen molar-refractivity contribution in [2.75, 3.05) is 41.0 Å². The third kappa shape index (κ3) is 32.3. The molecule has 0 heterocycles. The molecule has 0 aromatic rings. The summed E-state index contributed by atoms with van der Waals surface area (Å²) in [4.78, 5) is 36.7. The summed E-state index contributed by atoms with van der Waals surface area (Å²) in [6.45, 7) is 4.68. The number of ether oxygens (including phenoxy) is 3. The summed E-state index contributed by atoms with van der Waals surface area (Å²) in [6.07, 6.45) is 32.6. The van der Waals surface area contributed by atoms with E-state index < -0.39 is 18.1 Å². The number of carboxylic acid groups (broad SMARTS) is 1. The van der Waals surface area contributed by atoms with Gasteiger partial charge in [0.05, 0.1) is 40.3 Å². The largest absolute Gasteiger partial charge is 0.544 e. The van der Waals surface area contributed by atoms with E-state index in [1.54, 1.807) is 21.1 Å². The molecule has 0 aromatic carbocycles. The van der Waals surface area contributed by atoms with Crippen LogP contribution in [0.1, 0.15) is 200 Å². The van der Waals surface area contributed by atoms with Gasteiger partial charge in [-0.05, 0) is 12.8 Å². The van der Waals surface area contributed by atoms with Gasteiger partial charge in [0.2, 0.25) is 0 Å². The molecule has 0 bridgehead atoms. The van der Waals surface area contributed by atoms with E-state index in [1.807, 2.05) is 0 Å². The number of carbonyl (C=O) groups is 3. The summed E-state index contributed by atoms with van der Waals surface area (Å²) in [5.41, 5.74) is 0. The highest BCUT2D eigenvalue weighted by atomic mass is 16.6. The van der Waals surface area contributed by atoms with Crippen molar-refractivity contribution >= 4 is 17.9 Å². The molecule has 0 radical (unpaired) electrons. The Morgan fingerprint density at radius 1 is 0.520 bits per heavy atom. The maximum Gasteiger partial charge on any atom is 0.306 e. The fourth-order valence-corrected chi connectivity index (χ4v) is 6.42. The summed E-state index contributed by atoms with van der Waals surface area (Å²) < 4.78 is 17.1. The molecular formula is C42H81NO7. The second-order valence-electron chi connectivity index (χ2n) is 15.6. The van der Waals surface area contributed by atoms with Crippen molar-refractivity contribution in [2.24, 2.45) is 0 Å². The van der Waals surface area contributed by atoms with Gasteiger partial charge in [-0.1, -0.05) is 168 Å². The molecule has 0 aliphatic carbocycles. The number of rotatable bonds is 38. The molecule has 8 nitrogen and oxygen atoms in total. The third-order valence-electron chi connectivity index (χ3n) is 9.74. The summed E-state index contributed by atoms with van der Waals surface area (Å²) in [7, 11) is 5.41. The van der Waals surface area contributed by atoms with Gasteiger partial charge in [-0.3, -0.25) is 9.59 Å². The number of nitrogens with zero attached hydrogens (tertiary/aromatic N) is 1. The molecule has 0 unspecified atom stereocenters. The molecule has 50 heavy (non-hydrogen) atoms. The lowest BCUT2D eigenvalue weighted by Crippen LogP contribution is -2.55. The van der Waals surface area contributed by atoms with Crippen LogP contribution in [0.5, 0.6) is 0 Å². The van der Waals surface area contributed by atoms with E-state index in [9.17, 15) is 19.5 Å². The molecule has 0 spiro atoms. The topological polar surface area (TPSA) is 102 Å². The lowest BCUT2D eigenvalue weighted by Gasteiger charge is -2.34. The van der Waals surface area contributed by atoms with E-state index in [1.165, 1.54) is 128 Å². The van der Waals surface area contributed by atoms with Gasteiger partial charge in [0.15, 0.2) is 6.10 Å². The molecule has 0 saturated heterocycles. The normalized spacial score (nSPS) is 12.9. The quantitative estimate of drug-likeness (QED) is 0.0357. The first-order chi connectivity index (χ1) is 24.1. The number of aliphatic carboxylic acids is 1. The highest BCUT2D eigenvalue weighted by Crippen LogP contribution is 2.15. The van der Waals surface area contributed by atoms with Crippen LogP contribution < -0.4 is 5.11 Å². The molecule has 0 aliphatic heterocycles. The number of hydrogen-bond donors (Lipinski definition) is 0. The van der Waals surface area contributed by atoms with E-state index in [0.29, 0.717) is 12.8 Å². The van der Waals surface area contributed by atoms with E-state index in [2.05, 4.69) is 13.8 Å². The minimum Gasteiger partial charge on any atom is -0.544 e. The van der Waals surface area contributed by atoms with Gasteiger partial charge in [-0.15, -0.1) is 0 Å². The Kier molecular flexibility index (Phi) is 33.3. The zero-order valence-electron chi connectivity index (χ0n) is 33.6. The summed E-state index contributed by atoms with van der Waals surface area (Å²) in [5, 5.41) is 11.6. The lowest BCUT2D eigenvalue weighted by atomic mass is 10.0. The number of carboxylic acids is 1. The Labute approximate surface area is 308 Å². The van der Waals surface area contributed by atoms with Gasteiger partial charge < -0.3 is 28.6 Å². The SMILES string of the molecule is CCCCCCCCCCCCCCCC(=O)OC[C@H](COCC[C@@H](C(=O)[O-])[N+](C)(C)C)OC(=O)CCCCCCCCCCCCCCC. The van der Waals surface area contributed by atoms with Crippen molar-refractivity contribution in [3.05, 3.63) is 0 Å². The molecule has 0 rings (SSSR count). The number of quaternary nitrogens is 1. The highest BCUT2D eigenvalue weighted by Gasteiger charge is 2.25. The molecule has 0 fully saturated rings. The van der Waals surface area contributed by atoms with Crippen LogP contribution in [0.15, 0.2) is 0 Å². The first-order valence-corrected chi connectivity index (χ1v) is 21.1. The Bertz CT molecular complexity index is 797. The van der Waals surface area contributed by atoms with Crippen LogP contribution in [0, 0.1) is 0 Å². The number of likely N-dealkylation sites (N-methyl/N-ethyl adjacent to an activating group) is 1. The van der Waals surface area contributed by atoms with Crippen LogP contribution in [0.25, 0.3) is 0 Å². The molecule has 0 aromatic heterocycles. The number of esters is 2. The van der Waals surface area contributed by atoms with Crippen molar-refractivity contribution in [1.82, 2.24) is 0 Å². The molecule has 0 amide bonds. The Hall–Kier alpha value is -1.67. The number of unbranched alkanes of at least 4 members (excludes halogenated alkanes) is 24. The molecule has 296 valence electrons. The molecule has 8 heteroatoms. The molecule has 0 aliphatic rings. The number of carbonyl (C=O) groups excluding carboxylic acids is 3. The van der Waals surface area contributed by atoms with Crippen LogP contribution in [-0.4, -0.2) is 75.5 Å². The second-order valence-corrected chi connectivity index (χ2v) is 15.6. The zero-order valence-corrected chi connectivity index (χ0v) is 33.6. The summed E-state index contributed by atoms with van der Waals surface area (Å²) >= 11 is 0. The van der Waals surface area contributed by atoms with E-state index in [-0.39, 0.29) is 42.7 Å². The minimum absolute atomic E-state index is 0.0489. The Morgan fingerprint density at radius 2 is 0.880 bits per heavy atom. The minimum atomic E-state index is -1.12. The average molecular weight is 712 g/mol. The van der Waals surface area contributed by atoms with Crippen molar-refractivity contribution in [3.8, 4) is 0 Å². The van der Waals surface area contributed by atoms with Crippen LogP contribution in [0.2, 0.25) is 0 Å². The third-order valence-corrected chi connectivity index (χ3v) is 9.74. The van der Waals surface area contributed by atoms with Gasteiger partial charge in [-0.2, -0.15) is 0 Å². The van der Waals surface area contributed by atoms with Crippen LogP contribution in [0.4, 0.5) is 0 Å². The molecule has 0 saturated carbocycles. The van der Waals surface area contributed by atoms with Gasteiger partial charge in [0, 0.05) is 19.3 Å². The molecular weight excluding hydrogens is 630 g/mol. The second kappa shape index (κ2) is 34.4. The maximum atomic E-state index is 12.7. The zero-order chi connectivity index (χ0) is 37.1. The molecule has 0 N–H and O–H groups in total. The lowest BCUT2D eigenvalue weighted by molar-refractivity contribution is -0.889. The first kappa shape index (κ1) is 48.3. The van der Waals surface area contributed by atoms with Gasteiger partial charge in [0.25, 0.3) is 0 Å². The summed E-state index contributed by atoms with van der Waals surface area (Å²) in [5.74, 6) is -1.72. The smallest absolute Gasteiger partial charge is 0.306 e. The monoisotopic (exact) mass is 712 g/mol. The predicted octanol–water partition coefficient (Wildman–Crippen LogP) is 9.64. The number of hydrogen-bond acceptors (Lipinski definition) is 7. The fourth-order valence-electron chi connectivity index (χ4n) is 6.42. The average Bonchev–Trinajstić information content (AvgIpc) is 3.06. The summed E-state index contributed by atoms with van der Waals surface area (Å²) in [6, 6.07) is -0.718. The van der Waals surface area contributed by atoms with Crippen molar-refractivity contribution in [2.45, 2.75) is 212 Å². The standard InChI is InChI=1S/C42H81NO7/c1-6-8-10-12-14-16-18-20-22-24-26-28-30-32-40(44)49-37-38(36-48-35-34-39(42(46)47)43(3,4)5)50-41(45)33-31-29-27-25-23-21-19-17-15-13-11-9-7-2/h38-39H,6-37H2,1-5H3/t38-,39-/m0/s1. The van der Waals surface area contributed by atoms with Crippen molar-refractivity contribution < 1.29 is 38.2 Å². The fraction of sp³-hybridized carbons (Fsp3) is 0.929. The Morgan fingerprint density at radius 3 is 1.24 bits per heavy atom.